The lowest BCUT2D eigenvalue weighted by Crippen LogP contribution is -2.25. The van der Waals surface area contributed by atoms with Gasteiger partial charge in [-0.25, -0.2) is 4.98 Å². The number of aliphatic imine (C=N–C) groups is 1. The fourth-order valence-electron chi connectivity index (χ4n) is 2.93. The second-order valence-electron chi connectivity index (χ2n) is 5.84. The van der Waals surface area contributed by atoms with E-state index in [4.69, 9.17) is 10.5 Å². The van der Waals surface area contributed by atoms with E-state index in [1.807, 2.05) is 36.4 Å². The molecule has 126 valence electrons. The number of nitrogens with two attached hydrogens (primary N) is 1. The van der Waals surface area contributed by atoms with Gasteiger partial charge in [0.05, 0.1) is 12.8 Å². The lowest BCUT2D eigenvalue weighted by Gasteiger charge is -2.21. The predicted molar refractivity (Wildman–Crippen MR) is 97.7 cm³/mol. The van der Waals surface area contributed by atoms with Gasteiger partial charge in [-0.05, 0) is 36.6 Å². The van der Waals surface area contributed by atoms with Crippen LogP contribution in [-0.4, -0.2) is 37.7 Å². The molecule has 1 aliphatic rings. The van der Waals surface area contributed by atoms with Crippen molar-refractivity contribution in [3.8, 4) is 5.75 Å². The summed E-state index contributed by atoms with van der Waals surface area (Å²) in [4.78, 5) is 11.0. The topological polar surface area (TPSA) is 75.8 Å². The molecule has 3 N–H and O–H groups in total. The Bertz CT molecular complexity index is 689. The van der Waals surface area contributed by atoms with Gasteiger partial charge in [-0.2, -0.15) is 0 Å². The number of aromatic nitrogens is 1. The first-order valence-electron chi connectivity index (χ1n) is 8.12. The molecule has 0 bridgehead atoms. The van der Waals surface area contributed by atoms with E-state index in [-0.39, 0.29) is 0 Å². The molecule has 1 unspecified atom stereocenters. The van der Waals surface area contributed by atoms with E-state index in [1.165, 1.54) is 0 Å². The summed E-state index contributed by atoms with van der Waals surface area (Å²) in [6, 6.07) is 13.8. The number of benzene rings is 1. The summed E-state index contributed by atoms with van der Waals surface area (Å²) in [5.41, 5.74) is 7.09. The standard InChI is InChI=1S/C18H23N5O/c1-24-16-7-3-2-6-15(16)23-11-9-14(13-23)12-21-18(19)22-17-8-4-5-10-20-17/h2-8,10,14H,9,11-13H2,1H3,(H3,19,20,21,22). The summed E-state index contributed by atoms with van der Waals surface area (Å²) in [5, 5.41) is 3.01. The van der Waals surface area contributed by atoms with Crippen molar-refractivity contribution in [2.45, 2.75) is 6.42 Å². The molecule has 0 radical (unpaired) electrons. The average molecular weight is 325 g/mol. The van der Waals surface area contributed by atoms with Crippen LogP contribution in [0.2, 0.25) is 0 Å². The first-order chi connectivity index (χ1) is 11.8. The highest BCUT2D eigenvalue weighted by Gasteiger charge is 2.24. The number of methoxy groups -OCH3 is 1. The maximum Gasteiger partial charge on any atom is 0.194 e. The molecular formula is C18H23N5O. The number of hydrogen-bond donors (Lipinski definition) is 2. The minimum absolute atomic E-state index is 0.407. The highest BCUT2D eigenvalue weighted by Crippen LogP contribution is 2.31. The average Bonchev–Trinajstić information content (AvgIpc) is 3.09. The van der Waals surface area contributed by atoms with E-state index in [0.29, 0.717) is 24.2 Å². The smallest absolute Gasteiger partial charge is 0.194 e. The van der Waals surface area contributed by atoms with Gasteiger partial charge in [0.2, 0.25) is 0 Å². The molecule has 0 amide bonds. The van der Waals surface area contributed by atoms with Crippen molar-refractivity contribution in [2.75, 3.05) is 37.0 Å². The molecule has 1 aromatic heterocycles. The van der Waals surface area contributed by atoms with Gasteiger partial charge in [0.15, 0.2) is 5.96 Å². The van der Waals surface area contributed by atoms with Crippen molar-refractivity contribution in [3.63, 3.8) is 0 Å². The van der Waals surface area contributed by atoms with E-state index in [1.54, 1.807) is 13.3 Å². The first kappa shape index (κ1) is 16.1. The van der Waals surface area contributed by atoms with Crippen molar-refractivity contribution < 1.29 is 4.74 Å². The van der Waals surface area contributed by atoms with Gasteiger partial charge in [0.1, 0.15) is 11.6 Å². The van der Waals surface area contributed by atoms with Gasteiger partial charge in [-0.15, -0.1) is 0 Å². The minimum Gasteiger partial charge on any atom is -0.495 e. The van der Waals surface area contributed by atoms with E-state index in [0.717, 1.165) is 30.9 Å². The van der Waals surface area contributed by atoms with E-state index >= 15 is 0 Å². The van der Waals surface area contributed by atoms with Crippen LogP contribution in [0.5, 0.6) is 5.75 Å². The number of nitrogens with one attached hydrogen (secondary N) is 1. The predicted octanol–water partition coefficient (Wildman–Crippen LogP) is 2.34. The quantitative estimate of drug-likeness (QED) is 0.652. The zero-order valence-corrected chi connectivity index (χ0v) is 13.9. The normalized spacial score (nSPS) is 17.8. The SMILES string of the molecule is COc1ccccc1N1CCC(CN=C(N)Nc2ccccn2)C1. The highest BCUT2D eigenvalue weighted by molar-refractivity contribution is 5.91. The Morgan fingerprint density at radius 3 is 2.96 bits per heavy atom. The molecule has 1 saturated heterocycles. The molecule has 1 aliphatic heterocycles. The lowest BCUT2D eigenvalue weighted by molar-refractivity contribution is 0.414. The van der Waals surface area contributed by atoms with Crippen LogP contribution in [0, 0.1) is 5.92 Å². The third kappa shape index (κ3) is 3.95. The molecule has 1 fully saturated rings. The van der Waals surface area contributed by atoms with Gasteiger partial charge in [-0.1, -0.05) is 18.2 Å². The Morgan fingerprint density at radius 2 is 2.17 bits per heavy atom. The second-order valence-corrected chi connectivity index (χ2v) is 5.84. The van der Waals surface area contributed by atoms with Gasteiger partial charge >= 0.3 is 0 Å². The van der Waals surface area contributed by atoms with E-state index < -0.39 is 0 Å². The van der Waals surface area contributed by atoms with Crippen molar-refractivity contribution in [3.05, 3.63) is 48.7 Å². The van der Waals surface area contributed by atoms with Crippen LogP contribution < -0.4 is 20.7 Å². The van der Waals surface area contributed by atoms with Crippen LogP contribution in [0.15, 0.2) is 53.7 Å². The Labute approximate surface area is 142 Å². The second kappa shape index (κ2) is 7.68. The summed E-state index contributed by atoms with van der Waals surface area (Å²) in [7, 11) is 1.71. The van der Waals surface area contributed by atoms with Crippen LogP contribution >= 0.6 is 0 Å². The number of nitrogens with zero attached hydrogens (tertiary/aromatic N) is 3. The van der Waals surface area contributed by atoms with Gasteiger partial charge in [0.25, 0.3) is 0 Å². The molecule has 0 saturated carbocycles. The van der Waals surface area contributed by atoms with Gasteiger partial charge in [-0.3, -0.25) is 4.99 Å². The Balaban J connectivity index is 1.55. The number of guanidine groups is 1. The first-order valence-corrected chi connectivity index (χ1v) is 8.12. The molecule has 0 aliphatic carbocycles. The Hall–Kier alpha value is -2.76. The van der Waals surface area contributed by atoms with Gasteiger partial charge in [0, 0.05) is 25.8 Å². The zero-order chi connectivity index (χ0) is 16.8. The lowest BCUT2D eigenvalue weighted by atomic mass is 10.1. The molecule has 24 heavy (non-hydrogen) atoms. The fraction of sp³-hybridized carbons (Fsp3) is 0.333. The van der Waals surface area contributed by atoms with Crippen molar-refractivity contribution in [2.24, 2.45) is 16.6 Å². The largest absolute Gasteiger partial charge is 0.495 e. The summed E-state index contributed by atoms with van der Waals surface area (Å²) in [5.74, 6) is 2.52. The Kier molecular flexibility index (Phi) is 5.15. The third-order valence-electron chi connectivity index (χ3n) is 4.15. The molecule has 3 rings (SSSR count). The number of ether oxygens (including phenoxy) is 1. The highest BCUT2D eigenvalue weighted by atomic mass is 16.5. The third-order valence-corrected chi connectivity index (χ3v) is 4.15. The van der Waals surface area contributed by atoms with Crippen LogP contribution in [0.3, 0.4) is 0 Å². The van der Waals surface area contributed by atoms with Crippen molar-refractivity contribution >= 4 is 17.5 Å². The summed E-state index contributed by atoms with van der Waals surface area (Å²) in [6.07, 6.45) is 2.82. The fourth-order valence-corrected chi connectivity index (χ4v) is 2.93. The zero-order valence-electron chi connectivity index (χ0n) is 13.9. The molecule has 1 atom stereocenters. The van der Waals surface area contributed by atoms with Crippen molar-refractivity contribution in [1.29, 1.82) is 0 Å². The molecule has 0 spiro atoms. The molecule has 2 heterocycles. The van der Waals surface area contributed by atoms with E-state index in [9.17, 15) is 0 Å². The Morgan fingerprint density at radius 1 is 1.33 bits per heavy atom. The maximum absolute atomic E-state index is 5.94. The van der Waals surface area contributed by atoms with Crippen LogP contribution in [0.1, 0.15) is 6.42 Å². The molecule has 2 aromatic rings. The number of hydrogen-bond acceptors (Lipinski definition) is 4. The number of pyridine rings is 1. The number of anilines is 2. The molecule has 6 nitrogen and oxygen atoms in total. The molecule has 6 heteroatoms. The minimum atomic E-state index is 0.407. The molecular weight excluding hydrogens is 302 g/mol. The van der Waals surface area contributed by atoms with Crippen molar-refractivity contribution in [1.82, 2.24) is 4.98 Å². The van der Waals surface area contributed by atoms with Gasteiger partial charge < -0.3 is 20.7 Å². The summed E-state index contributed by atoms with van der Waals surface area (Å²) >= 11 is 0. The van der Waals surface area contributed by atoms with Crippen LogP contribution in [0.25, 0.3) is 0 Å². The number of rotatable bonds is 5. The summed E-state index contributed by atoms with van der Waals surface area (Å²) < 4.78 is 5.45. The summed E-state index contributed by atoms with van der Waals surface area (Å²) in [6.45, 7) is 2.67. The van der Waals surface area contributed by atoms with Crippen LogP contribution in [-0.2, 0) is 0 Å². The number of para-hydroxylation sites is 2. The monoisotopic (exact) mass is 325 g/mol. The van der Waals surface area contributed by atoms with E-state index in [2.05, 4.69) is 26.3 Å². The maximum atomic E-state index is 5.94. The molecule has 1 aromatic carbocycles. The van der Waals surface area contributed by atoms with Crippen LogP contribution in [0.4, 0.5) is 11.5 Å².